The highest BCUT2D eigenvalue weighted by Crippen LogP contribution is 2.28. The van der Waals surface area contributed by atoms with Crippen LogP contribution in [0.4, 0.5) is 0 Å². The van der Waals surface area contributed by atoms with E-state index in [0.29, 0.717) is 5.88 Å². The van der Waals surface area contributed by atoms with Crippen molar-refractivity contribution in [3.8, 4) is 11.6 Å². The molecule has 3 aromatic rings. The second-order valence-corrected chi connectivity index (χ2v) is 4.76. The molecule has 0 unspecified atom stereocenters. The summed E-state index contributed by atoms with van der Waals surface area (Å²) in [7, 11) is 0. The zero-order valence-electron chi connectivity index (χ0n) is 11.1. The number of benzene rings is 2. The largest absolute Gasteiger partial charge is 0.438 e. The molecule has 19 heavy (non-hydrogen) atoms. The number of rotatable bonds is 2. The highest BCUT2D eigenvalue weighted by atomic mass is 16.5. The van der Waals surface area contributed by atoms with Crippen LogP contribution < -0.4 is 4.74 Å². The van der Waals surface area contributed by atoms with Gasteiger partial charge in [-0.2, -0.15) is 0 Å². The van der Waals surface area contributed by atoms with E-state index in [4.69, 9.17) is 4.74 Å². The second-order valence-electron chi connectivity index (χ2n) is 4.76. The third-order valence-electron chi connectivity index (χ3n) is 3.05. The first kappa shape index (κ1) is 11.7. The van der Waals surface area contributed by atoms with Crippen molar-refractivity contribution in [2.45, 2.75) is 13.8 Å². The summed E-state index contributed by atoms with van der Waals surface area (Å²) in [5.41, 5.74) is 2.38. The van der Waals surface area contributed by atoms with Crippen LogP contribution in [-0.2, 0) is 0 Å². The fourth-order valence-corrected chi connectivity index (χ4v) is 2.28. The quantitative estimate of drug-likeness (QED) is 0.659. The highest BCUT2D eigenvalue weighted by Gasteiger charge is 2.05. The van der Waals surface area contributed by atoms with Gasteiger partial charge in [0.1, 0.15) is 5.75 Å². The summed E-state index contributed by atoms with van der Waals surface area (Å²) in [5, 5.41) is 2.17. The van der Waals surface area contributed by atoms with Crippen molar-refractivity contribution in [2.75, 3.05) is 0 Å². The number of pyridine rings is 1. The Bertz CT molecular complexity index is 709. The summed E-state index contributed by atoms with van der Waals surface area (Å²) < 4.78 is 5.94. The van der Waals surface area contributed by atoms with Crippen LogP contribution in [0.1, 0.15) is 11.1 Å². The summed E-state index contributed by atoms with van der Waals surface area (Å²) >= 11 is 0. The molecule has 0 amide bonds. The van der Waals surface area contributed by atoms with Crippen molar-refractivity contribution in [1.82, 2.24) is 4.98 Å². The number of hydrogen-bond acceptors (Lipinski definition) is 2. The van der Waals surface area contributed by atoms with Gasteiger partial charge in [0.2, 0.25) is 5.88 Å². The maximum absolute atomic E-state index is 5.94. The third kappa shape index (κ3) is 2.43. The molecular weight excluding hydrogens is 234 g/mol. The van der Waals surface area contributed by atoms with Gasteiger partial charge in [-0.3, -0.25) is 0 Å². The maximum Gasteiger partial charge on any atom is 0.227 e. The molecule has 0 spiro atoms. The van der Waals surface area contributed by atoms with Crippen LogP contribution in [0.3, 0.4) is 0 Å². The molecule has 0 aliphatic heterocycles. The Kier molecular flexibility index (Phi) is 2.92. The van der Waals surface area contributed by atoms with Gasteiger partial charge in [0.05, 0.1) is 0 Å². The predicted octanol–water partition coefficient (Wildman–Crippen LogP) is 4.64. The lowest BCUT2D eigenvalue weighted by Crippen LogP contribution is -1.90. The first-order valence-electron chi connectivity index (χ1n) is 6.32. The zero-order valence-corrected chi connectivity index (χ0v) is 11.1. The average molecular weight is 249 g/mol. The molecule has 3 rings (SSSR count). The van der Waals surface area contributed by atoms with Gasteiger partial charge in [-0.25, -0.2) is 4.98 Å². The normalized spacial score (nSPS) is 10.6. The Morgan fingerprint density at radius 1 is 0.895 bits per heavy atom. The van der Waals surface area contributed by atoms with Crippen molar-refractivity contribution in [1.29, 1.82) is 0 Å². The van der Waals surface area contributed by atoms with Crippen LogP contribution >= 0.6 is 0 Å². The van der Waals surface area contributed by atoms with Crippen molar-refractivity contribution in [3.63, 3.8) is 0 Å². The SMILES string of the molecule is Cc1cc(C)cc(Oc2nccc3ccccc23)c1. The Morgan fingerprint density at radius 3 is 2.42 bits per heavy atom. The lowest BCUT2D eigenvalue weighted by atomic mass is 10.1. The van der Waals surface area contributed by atoms with Gasteiger partial charge < -0.3 is 4.74 Å². The van der Waals surface area contributed by atoms with Crippen LogP contribution in [-0.4, -0.2) is 4.98 Å². The third-order valence-corrected chi connectivity index (χ3v) is 3.05. The van der Waals surface area contributed by atoms with E-state index in [2.05, 4.69) is 31.0 Å². The minimum atomic E-state index is 0.656. The van der Waals surface area contributed by atoms with E-state index < -0.39 is 0 Å². The Balaban J connectivity index is 2.05. The number of fused-ring (bicyclic) bond motifs is 1. The zero-order chi connectivity index (χ0) is 13.2. The van der Waals surface area contributed by atoms with Crippen LogP contribution in [0.2, 0.25) is 0 Å². The van der Waals surface area contributed by atoms with Crippen molar-refractivity contribution < 1.29 is 4.74 Å². The van der Waals surface area contributed by atoms with Gasteiger partial charge in [-0.1, -0.05) is 24.3 Å². The number of ether oxygens (including phenoxy) is 1. The molecule has 0 aliphatic carbocycles. The molecule has 0 saturated carbocycles. The summed E-state index contributed by atoms with van der Waals surface area (Å²) in [4.78, 5) is 4.34. The molecule has 2 heteroatoms. The van der Waals surface area contributed by atoms with Crippen molar-refractivity contribution in [2.24, 2.45) is 0 Å². The van der Waals surface area contributed by atoms with Gasteiger partial charge in [0, 0.05) is 11.6 Å². The molecule has 0 bridgehead atoms. The van der Waals surface area contributed by atoms with Crippen LogP contribution in [0.15, 0.2) is 54.7 Å². The average Bonchev–Trinajstić information content (AvgIpc) is 2.38. The minimum Gasteiger partial charge on any atom is -0.438 e. The smallest absolute Gasteiger partial charge is 0.227 e. The van der Waals surface area contributed by atoms with E-state index in [1.807, 2.05) is 36.4 Å². The number of aromatic nitrogens is 1. The highest BCUT2D eigenvalue weighted by molar-refractivity contribution is 5.86. The molecule has 2 nitrogen and oxygen atoms in total. The Morgan fingerprint density at radius 2 is 1.63 bits per heavy atom. The summed E-state index contributed by atoms with van der Waals surface area (Å²) in [6, 6.07) is 16.3. The van der Waals surface area contributed by atoms with Crippen molar-refractivity contribution >= 4 is 10.8 Å². The maximum atomic E-state index is 5.94. The van der Waals surface area contributed by atoms with Gasteiger partial charge >= 0.3 is 0 Å². The second kappa shape index (κ2) is 4.73. The number of aryl methyl sites for hydroxylation is 2. The molecule has 1 heterocycles. The molecule has 0 N–H and O–H groups in total. The summed E-state index contributed by atoms with van der Waals surface area (Å²) in [6.07, 6.45) is 1.78. The standard InChI is InChI=1S/C17H15NO/c1-12-9-13(2)11-15(10-12)19-17-16-6-4-3-5-14(16)7-8-18-17/h3-11H,1-2H3. The van der Waals surface area contributed by atoms with Gasteiger partial charge in [0.15, 0.2) is 0 Å². The van der Waals surface area contributed by atoms with E-state index in [-0.39, 0.29) is 0 Å². The lowest BCUT2D eigenvalue weighted by Gasteiger charge is -2.09. The van der Waals surface area contributed by atoms with Gasteiger partial charge in [-0.05, 0) is 54.6 Å². The molecule has 0 aliphatic rings. The topological polar surface area (TPSA) is 22.1 Å². The number of hydrogen-bond donors (Lipinski definition) is 0. The monoisotopic (exact) mass is 249 g/mol. The molecule has 1 aromatic heterocycles. The number of nitrogens with zero attached hydrogens (tertiary/aromatic N) is 1. The first-order chi connectivity index (χ1) is 9.22. The molecule has 2 aromatic carbocycles. The van der Waals surface area contributed by atoms with E-state index >= 15 is 0 Å². The minimum absolute atomic E-state index is 0.656. The fourth-order valence-electron chi connectivity index (χ4n) is 2.28. The van der Waals surface area contributed by atoms with Crippen LogP contribution in [0.25, 0.3) is 10.8 Å². The predicted molar refractivity (Wildman–Crippen MR) is 77.7 cm³/mol. The van der Waals surface area contributed by atoms with Gasteiger partial charge in [0.25, 0.3) is 0 Å². The van der Waals surface area contributed by atoms with E-state index in [0.717, 1.165) is 16.5 Å². The van der Waals surface area contributed by atoms with Gasteiger partial charge in [-0.15, -0.1) is 0 Å². The molecular formula is C17H15NO. The van der Waals surface area contributed by atoms with Crippen LogP contribution in [0.5, 0.6) is 11.6 Å². The molecule has 0 atom stereocenters. The summed E-state index contributed by atoms with van der Waals surface area (Å²) in [6.45, 7) is 4.13. The van der Waals surface area contributed by atoms with E-state index in [1.165, 1.54) is 11.1 Å². The fraction of sp³-hybridized carbons (Fsp3) is 0.118. The van der Waals surface area contributed by atoms with E-state index in [1.54, 1.807) is 6.20 Å². The van der Waals surface area contributed by atoms with E-state index in [9.17, 15) is 0 Å². The Hall–Kier alpha value is -2.35. The summed E-state index contributed by atoms with van der Waals surface area (Å²) in [5.74, 6) is 1.49. The molecule has 94 valence electrons. The molecule has 0 saturated heterocycles. The van der Waals surface area contributed by atoms with Crippen LogP contribution in [0, 0.1) is 13.8 Å². The Labute approximate surface area is 112 Å². The van der Waals surface area contributed by atoms with Crippen molar-refractivity contribution in [3.05, 3.63) is 65.9 Å². The molecule has 0 fully saturated rings. The molecule has 0 radical (unpaired) electrons. The first-order valence-corrected chi connectivity index (χ1v) is 6.32. The lowest BCUT2D eigenvalue weighted by molar-refractivity contribution is 0.468.